The van der Waals surface area contributed by atoms with E-state index < -0.39 is 6.03 Å². The largest absolute Gasteiger partial charge is 0.351 e. The zero-order valence-electron chi connectivity index (χ0n) is 12.0. The van der Waals surface area contributed by atoms with Crippen LogP contribution in [0.4, 0.5) is 16.2 Å². The number of rotatable bonds is 3. The average Bonchev–Trinajstić information content (AvgIpc) is 2.57. The number of nitrogens with zero attached hydrogens (tertiary/aromatic N) is 1. The van der Waals surface area contributed by atoms with Crippen LogP contribution in [0.5, 0.6) is 0 Å². The monoisotopic (exact) mass is 288 g/mol. The fraction of sp³-hybridized carbons (Fsp3) is 0. The summed E-state index contributed by atoms with van der Waals surface area (Å²) in [4.78, 5) is 13.6. The fourth-order valence-electron chi connectivity index (χ4n) is 2.49. The molecule has 22 heavy (non-hydrogen) atoms. The summed E-state index contributed by atoms with van der Waals surface area (Å²) in [5, 5.41) is 0. The van der Waals surface area contributed by atoms with E-state index in [9.17, 15) is 4.79 Å². The summed E-state index contributed by atoms with van der Waals surface area (Å²) in [5.74, 6) is 0. The van der Waals surface area contributed by atoms with Gasteiger partial charge in [0.05, 0.1) is 11.4 Å². The molecule has 108 valence electrons. The number of nitrogens with two attached hydrogens (primary N) is 1. The van der Waals surface area contributed by atoms with Gasteiger partial charge in [-0.05, 0) is 23.8 Å². The smallest absolute Gasteiger partial charge is 0.323 e. The Bertz CT molecular complexity index is 770. The number of carbonyl (C=O) groups excluding carboxylic acids is 1. The second-order valence-electron chi connectivity index (χ2n) is 4.89. The summed E-state index contributed by atoms with van der Waals surface area (Å²) in [7, 11) is 0. The highest BCUT2D eigenvalue weighted by atomic mass is 16.2. The van der Waals surface area contributed by atoms with Crippen LogP contribution >= 0.6 is 0 Å². The minimum absolute atomic E-state index is 0.505. The van der Waals surface area contributed by atoms with Gasteiger partial charge in [-0.2, -0.15) is 0 Å². The summed E-state index contributed by atoms with van der Waals surface area (Å²) in [6.07, 6.45) is 0. The first kappa shape index (κ1) is 13.9. The van der Waals surface area contributed by atoms with E-state index in [0.29, 0.717) is 0 Å². The molecule has 2 amide bonds. The van der Waals surface area contributed by atoms with E-state index in [2.05, 4.69) is 0 Å². The lowest BCUT2D eigenvalue weighted by atomic mass is 10.0. The summed E-state index contributed by atoms with van der Waals surface area (Å²) in [5.41, 5.74) is 9.16. The van der Waals surface area contributed by atoms with Crippen molar-refractivity contribution < 1.29 is 4.79 Å². The Morgan fingerprint density at radius 2 is 1.27 bits per heavy atom. The molecule has 0 aliphatic carbocycles. The van der Waals surface area contributed by atoms with Crippen molar-refractivity contribution >= 4 is 17.4 Å². The van der Waals surface area contributed by atoms with Crippen LogP contribution in [-0.2, 0) is 0 Å². The highest BCUT2D eigenvalue weighted by molar-refractivity contribution is 6.02. The molecule has 0 atom stereocenters. The molecule has 2 N–H and O–H groups in total. The van der Waals surface area contributed by atoms with Crippen LogP contribution in [0.1, 0.15) is 0 Å². The topological polar surface area (TPSA) is 46.3 Å². The van der Waals surface area contributed by atoms with Gasteiger partial charge in [0.25, 0.3) is 0 Å². The third kappa shape index (κ3) is 2.69. The first-order chi connectivity index (χ1) is 10.8. The maximum absolute atomic E-state index is 12.0. The molecule has 0 aliphatic heterocycles. The molecule has 0 unspecified atom stereocenters. The lowest BCUT2D eigenvalue weighted by molar-refractivity contribution is 0.256. The Labute approximate surface area is 129 Å². The number of para-hydroxylation sites is 2. The molecule has 3 nitrogen and oxygen atoms in total. The van der Waals surface area contributed by atoms with Gasteiger partial charge in [-0.25, -0.2) is 4.79 Å². The fourth-order valence-corrected chi connectivity index (χ4v) is 2.49. The summed E-state index contributed by atoms with van der Waals surface area (Å²) in [6, 6.07) is 26.6. The van der Waals surface area contributed by atoms with Gasteiger partial charge >= 0.3 is 6.03 Å². The zero-order chi connectivity index (χ0) is 15.4. The molecule has 3 rings (SSSR count). The van der Waals surface area contributed by atoms with E-state index in [4.69, 9.17) is 5.73 Å². The number of amides is 2. The van der Waals surface area contributed by atoms with Gasteiger partial charge in [0.15, 0.2) is 0 Å². The third-order valence-corrected chi connectivity index (χ3v) is 3.46. The van der Waals surface area contributed by atoms with Crippen molar-refractivity contribution in [3.05, 3.63) is 84.9 Å². The third-order valence-electron chi connectivity index (χ3n) is 3.46. The van der Waals surface area contributed by atoms with Crippen LogP contribution < -0.4 is 10.6 Å². The van der Waals surface area contributed by atoms with Gasteiger partial charge in [-0.3, -0.25) is 4.90 Å². The van der Waals surface area contributed by atoms with Gasteiger partial charge in [-0.15, -0.1) is 0 Å². The Hall–Kier alpha value is -3.07. The van der Waals surface area contributed by atoms with Gasteiger partial charge < -0.3 is 5.73 Å². The maximum Gasteiger partial charge on any atom is 0.323 e. The Morgan fingerprint density at radius 3 is 1.91 bits per heavy atom. The molecule has 0 bridgehead atoms. The van der Waals surface area contributed by atoms with E-state index >= 15 is 0 Å². The molecular formula is C19H16N2O. The van der Waals surface area contributed by atoms with Gasteiger partial charge in [0, 0.05) is 5.56 Å². The first-order valence-corrected chi connectivity index (χ1v) is 7.06. The van der Waals surface area contributed by atoms with Crippen molar-refractivity contribution in [3.8, 4) is 11.1 Å². The number of primary amides is 1. The number of benzene rings is 3. The SMILES string of the molecule is NC(=O)N(c1ccccc1)c1ccccc1-c1ccccc1. The molecule has 0 aromatic heterocycles. The Kier molecular flexibility index (Phi) is 3.88. The first-order valence-electron chi connectivity index (χ1n) is 7.06. The van der Waals surface area contributed by atoms with Crippen LogP contribution in [0, 0.1) is 0 Å². The van der Waals surface area contributed by atoms with Crippen molar-refractivity contribution in [1.29, 1.82) is 0 Å². The molecule has 0 aliphatic rings. The van der Waals surface area contributed by atoms with Crippen LogP contribution in [-0.4, -0.2) is 6.03 Å². The Balaban J connectivity index is 2.16. The van der Waals surface area contributed by atoms with Crippen molar-refractivity contribution in [2.45, 2.75) is 0 Å². The number of hydrogen-bond donors (Lipinski definition) is 1. The molecular weight excluding hydrogens is 272 g/mol. The normalized spacial score (nSPS) is 10.2. The summed E-state index contributed by atoms with van der Waals surface area (Å²) >= 11 is 0. The van der Waals surface area contributed by atoms with Gasteiger partial charge in [0.1, 0.15) is 0 Å². The van der Waals surface area contributed by atoms with E-state index in [1.165, 1.54) is 4.90 Å². The predicted octanol–water partition coefficient (Wildman–Crippen LogP) is 4.57. The van der Waals surface area contributed by atoms with Crippen molar-refractivity contribution in [2.75, 3.05) is 4.90 Å². The van der Waals surface area contributed by atoms with Crippen molar-refractivity contribution in [2.24, 2.45) is 5.73 Å². The molecule has 0 fully saturated rings. The standard InChI is InChI=1S/C19H16N2O/c20-19(22)21(16-11-5-2-6-12-16)18-14-8-7-13-17(18)15-9-3-1-4-10-15/h1-14H,(H2,20,22). The van der Waals surface area contributed by atoms with E-state index in [1.807, 2.05) is 84.9 Å². The lowest BCUT2D eigenvalue weighted by Gasteiger charge is -2.23. The van der Waals surface area contributed by atoms with Crippen molar-refractivity contribution in [1.82, 2.24) is 0 Å². The van der Waals surface area contributed by atoms with E-state index in [0.717, 1.165) is 22.5 Å². The second-order valence-corrected chi connectivity index (χ2v) is 4.89. The van der Waals surface area contributed by atoms with Gasteiger partial charge in [0.2, 0.25) is 0 Å². The Morgan fingerprint density at radius 1 is 0.727 bits per heavy atom. The number of carbonyl (C=O) groups is 1. The summed E-state index contributed by atoms with van der Waals surface area (Å²) in [6.45, 7) is 0. The van der Waals surface area contributed by atoms with Crippen molar-refractivity contribution in [3.63, 3.8) is 0 Å². The number of anilines is 2. The molecule has 3 heteroatoms. The molecule has 3 aromatic rings. The van der Waals surface area contributed by atoms with Crippen LogP contribution in [0.2, 0.25) is 0 Å². The average molecular weight is 288 g/mol. The van der Waals surface area contributed by atoms with Crippen LogP contribution in [0.15, 0.2) is 84.9 Å². The van der Waals surface area contributed by atoms with E-state index in [-0.39, 0.29) is 0 Å². The van der Waals surface area contributed by atoms with Crippen LogP contribution in [0.25, 0.3) is 11.1 Å². The highest BCUT2D eigenvalue weighted by Gasteiger charge is 2.18. The highest BCUT2D eigenvalue weighted by Crippen LogP contribution is 2.34. The van der Waals surface area contributed by atoms with Gasteiger partial charge in [-0.1, -0.05) is 66.7 Å². The van der Waals surface area contributed by atoms with E-state index in [1.54, 1.807) is 0 Å². The summed E-state index contributed by atoms with van der Waals surface area (Å²) < 4.78 is 0. The predicted molar refractivity (Wildman–Crippen MR) is 90.0 cm³/mol. The van der Waals surface area contributed by atoms with Crippen LogP contribution in [0.3, 0.4) is 0 Å². The molecule has 0 saturated heterocycles. The number of hydrogen-bond acceptors (Lipinski definition) is 1. The maximum atomic E-state index is 12.0. The molecule has 0 saturated carbocycles. The lowest BCUT2D eigenvalue weighted by Crippen LogP contribution is -2.31. The molecule has 0 spiro atoms. The minimum atomic E-state index is -0.505. The second kappa shape index (κ2) is 6.14. The quantitative estimate of drug-likeness (QED) is 0.754. The minimum Gasteiger partial charge on any atom is -0.351 e. The molecule has 3 aromatic carbocycles. The number of urea groups is 1. The molecule has 0 heterocycles. The molecule has 0 radical (unpaired) electrons. The zero-order valence-corrected chi connectivity index (χ0v) is 12.0.